The molecule has 0 amide bonds. The molecule has 0 N–H and O–H groups in total. The molecule has 8 rings (SSSR count). The molecule has 266 valence electrons. The third-order valence-corrected chi connectivity index (χ3v) is 11.0. The predicted octanol–water partition coefficient (Wildman–Crippen LogP) is 15.0. The van der Waals surface area contributed by atoms with Crippen LogP contribution in [0.2, 0.25) is 0 Å². The Morgan fingerprint density at radius 2 is 0.833 bits per heavy atom. The first-order valence-electron chi connectivity index (χ1n) is 19.3. The van der Waals surface area contributed by atoms with Gasteiger partial charge < -0.3 is 9.32 Å². The average molecular weight is 703 g/mol. The molecule has 0 radical (unpaired) electrons. The maximum atomic E-state index is 6.05. The zero-order valence-corrected chi connectivity index (χ0v) is 31.5. The van der Waals surface area contributed by atoms with Crippen LogP contribution in [0.4, 0.5) is 17.1 Å². The van der Waals surface area contributed by atoms with Crippen LogP contribution in [0.3, 0.4) is 0 Å². The maximum Gasteiger partial charge on any atom is 0.227 e. The van der Waals surface area contributed by atoms with Gasteiger partial charge in [-0.3, -0.25) is 0 Å². The Balaban J connectivity index is 1.13. The fourth-order valence-electron chi connectivity index (χ4n) is 7.34. The second-order valence-corrected chi connectivity index (χ2v) is 14.3. The van der Waals surface area contributed by atoms with E-state index >= 15 is 0 Å². The van der Waals surface area contributed by atoms with Crippen molar-refractivity contribution >= 4 is 28.2 Å². The van der Waals surface area contributed by atoms with Crippen molar-refractivity contribution in [1.29, 1.82) is 0 Å². The van der Waals surface area contributed by atoms with Crippen LogP contribution in [-0.2, 0) is 0 Å². The van der Waals surface area contributed by atoms with Gasteiger partial charge in [-0.2, -0.15) is 0 Å². The van der Waals surface area contributed by atoms with Gasteiger partial charge in [-0.05, 0) is 130 Å². The number of fused-ring (bicyclic) bond motifs is 1. The van der Waals surface area contributed by atoms with Gasteiger partial charge in [0.1, 0.15) is 5.52 Å². The first-order chi connectivity index (χ1) is 26.5. The molecule has 0 saturated carbocycles. The van der Waals surface area contributed by atoms with E-state index in [1.54, 1.807) is 0 Å². The molecule has 3 nitrogen and oxygen atoms in total. The van der Waals surface area contributed by atoms with E-state index in [1.165, 1.54) is 38.9 Å². The molecular formula is C51H46N2O. The van der Waals surface area contributed by atoms with Crippen LogP contribution >= 0.6 is 0 Å². The normalized spacial score (nSPS) is 12.4. The lowest BCUT2D eigenvalue weighted by molar-refractivity contribution is 0.620. The van der Waals surface area contributed by atoms with Crippen molar-refractivity contribution < 1.29 is 4.42 Å². The molecule has 0 aliphatic heterocycles. The summed E-state index contributed by atoms with van der Waals surface area (Å²) in [5.41, 5.74) is 15.9. The molecule has 2 unspecified atom stereocenters. The van der Waals surface area contributed by atoms with Gasteiger partial charge in [0.25, 0.3) is 0 Å². The van der Waals surface area contributed by atoms with Crippen LogP contribution in [-0.4, -0.2) is 4.98 Å². The minimum Gasteiger partial charge on any atom is -0.436 e. The Morgan fingerprint density at radius 3 is 1.30 bits per heavy atom. The molecule has 0 saturated heterocycles. The zero-order chi connectivity index (χ0) is 37.0. The summed E-state index contributed by atoms with van der Waals surface area (Å²) in [6.07, 6.45) is 2.25. The monoisotopic (exact) mass is 702 g/mol. The van der Waals surface area contributed by atoms with E-state index in [4.69, 9.17) is 9.40 Å². The van der Waals surface area contributed by atoms with Crippen LogP contribution in [0.15, 0.2) is 174 Å². The second-order valence-electron chi connectivity index (χ2n) is 14.3. The Bertz CT molecular complexity index is 2390. The number of para-hydroxylation sites is 2. The first kappa shape index (κ1) is 34.9. The molecule has 7 aromatic carbocycles. The van der Waals surface area contributed by atoms with Crippen molar-refractivity contribution in [3.63, 3.8) is 0 Å². The van der Waals surface area contributed by atoms with E-state index in [0.29, 0.717) is 17.7 Å². The van der Waals surface area contributed by atoms with Gasteiger partial charge in [0.2, 0.25) is 5.89 Å². The Labute approximate surface area is 319 Å². The fourth-order valence-corrected chi connectivity index (χ4v) is 7.34. The molecule has 1 aromatic heterocycles. The maximum absolute atomic E-state index is 6.05. The Kier molecular flexibility index (Phi) is 9.96. The number of hydrogen-bond donors (Lipinski definition) is 0. The van der Waals surface area contributed by atoms with E-state index < -0.39 is 0 Å². The number of hydrogen-bond acceptors (Lipinski definition) is 3. The van der Waals surface area contributed by atoms with Gasteiger partial charge in [-0.1, -0.05) is 137 Å². The number of nitrogens with zero attached hydrogens (tertiary/aromatic N) is 2. The van der Waals surface area contributed by atoms with Crippen LogP contribution in [0.5, 0.6) is 0 Å². The molecule has 0 fully saturated rings. The summed E-state index contributed by atoms with van der Waals surface area (Å²) in [6.45, 7) is 9.10. The SMILES string of the molecule is CCC(C)c1ccc(N(c2ccc(-c3ccccc3-c3ccccc3-c3ccc(-c4nc5ccccc5o4)cc3)cc2)c2ccc(C(C)CC)cc2)cc1. The second kappa shape index (κ2) is 15.4. The number of benzene rings is 7. The van der Waals surface area contributed by atoms with Crippen molar-refractivity contribution in [1.82, 2.24) is 4.98 Å². The van der Waals surface area contributed by atoms with E-state index in [1.807, 2.05) is 24.3 Å². The van der Waals surface area contributed by atoms with Gasteiger partial charge in [0.15, 0.2) is 5.58 Å². The third-order valence-electron chi connectivity index (χ3n) is 11.0. The highest BCUT2D eigenvalue weighted by atomic mass is 16.3. The van der Waals surface area contributed by atoms with Crippen molar-refractivity contribution in [3.05, 3.63) is 181 Å². The largest absolute Gasteiger partial charge is 0.436 e. The molecular weight excluding hydrogens is 657 g/mol. The lowest BCUT2D eigenvalue weighted by Gasteiger charge is -2.27. The van der Waals surface area contributed by atoms with Gasteiger partial charge >= 0.3 is 0 Å². The van der Waals surface area contributed by atoms with Gasteiger partial charge in [0.05, 0.1) is 0 Å². The van der Waals surface area contributed by atoms with E-state index in [9.17, 15) is 0 Å². The van der Waals surface area contributed by atoms with E-state index in [2.05, 4.69) is 178 Å². The van der Waals surface area contributed by atoms with Gasteiger partial charge in [-0.25, -0.2) is 4.98 Å². The van der Waals surface area contributed by atoms with Crippen LogP contribution < -0.4 is 4.90 Å². The summed E-state index contributed by atoms with van der Waals surface area (Å²) in [7, 11) is 0. The number of rotatable bonds is 11. The molecule has 3 heteroatoms. The summed E-state index contributed by atoms with van der Waals surface area (Å²) in [5, 5.41) is 0. The van der Waals surface area contributed by atoms with Gasteiger partial charge in [0, 0.05) is 22.6 Å². The molecule has 1 heterocycles. The fraction of sp³-hybridized carbons (Fsp3) is 0.157. The van der Waals surface area contributed by atoms with E-state index in [0.717, 1.165) is 52.1 Å². The standard InChI is InChI=1S/C51H46N2O/c1-5-35(3)37-23-29-42(30-24-37)53(43-31-25-38(26-32-43)36(4)6-2)44-33-27-40(28-34-44)46-14-8-10-16-48(46)47-15-9-7-13-45(47)39-19-21-41(22-20-39)51-52-49-17-11-12-18-50(49)54-51/h7-36H,5-6H2,1-4H3. The highest BCUT2D eigenvalue weighted by Crippen LogP contribution is 2.41. The smallest absolute Gasteiger partial charge is 0.227 e. The lowest BCUT2D eigenvalue weighted by Crippen LogP contribution is -2.10. The molecule has 8 aromatic rings. The van der Waals surface area contributed by atoms with Crippen LogP contribution in [0.1, 0.15) is 63.5 Å². The Hall–Kier alpha value is -6.19. The minimum atomic E-state index is 0.533. The number of aromatic nitrogens is 1. The number of anilines is 3. The highest BCUT2D eigenvalue weighted by molar-refractivity contribution is 5.92. The van der Waals surface area contributed by atoms with Crippen LogP contribution in [0, 0.1) is 0 Å². The Morgan fingerprint density at radius 1 is 0.444 bits per heavy atom. The quantitative estimate of drug-likeness (QED) is 0.134. The van der Waals surface area contributed by atoms with Crippen molar-refractivity contribution in [2.24, 2.45) is 0 Å². The van der Waals surface area contributed by atoms with Crippen molar-refractivity contribution in [2.45, 2.75) is 52.4 Å². The minimum absolute atomic E-state index is 0.533. The summed E-state index contributed by atoms with van der Waals surface area (Å²) >= 11 is 0. The molecule has 0 aliphatic rings. The molecule has 2 atom stereocenters. The molecule has 54 heavy (non-hydrogen) atoms. The van der Waals surface area contributed by atoms with Gasteiger partial charge in [-0.15, -0.1) is 0 Å². The van der Waals surface area contributed by atoms with Crippen molar-refractivity contribution in [3.8, 4) is 44.8 Å². The third kappa shape index (κ3) is 6.98. The van der Waals surface area contributed by atoms with E-state index in [-0.39, 0.29) is 0 Å². The van der Waals surface area contributed by atoms with Crippen molar-refractivity contribution in [2.75, 3.05) is 4.90 Å². The molecule has 0 aliphatic carbocycles. The first-order valence-corrected chi connectivity index (χ1v) is 19.3. The summed E-state index contributed by atoms with van der Waals surface area (Å²) in [4.78, 5) is 7.07. The lowest BCUT2D eigenvalue weighted by atomic mass is 9.89. The number of oxazole rings is 1. The summed E-state index contributed by atoms with van der Waals surface area (Å²) in [6, 6.07) is 61.1. The highest BCUT2D eigenvalue weighted by Gasteiger charge is 2.17. The average Bonchev–Trinajstić information content (AvgIpc) is 3.69. The summed E-state index contributed by atoms with van der Waals surface area (Å²) in [5.74, 6) is 1.70. The molecule has 0 bridgehead atoms. The zero-order valence-electron chi connectivity index (χ0n) is 31.5. The van der Waals surface area contributed by atoms with Crippen LogP contribution in [0.25, 0.3) is 55.9 Å². The topological polar surface area (TPSA) is 29.3 Å². The predicted molar refractivity (Wildman–Crippen MR) is 228 cm³/mol. The molecule has 0 spiro atoms. The summed E-state index contributed by atoms with van der Waals surface area (Å²) < 4.78 is 6.05.